The molecular weight excluding hydrogens is 164 g/mol. The largest absolute Gasteiger partial charge is 0.481 e. The monoisotopic (exact) mass is 172 g/mol. The Morgan fingerprint density at radius 3 is 1.67 bits per heavy atom. The average Bonchev–Trinajstić information content (AvgIpc) is 2.31. The summed E-state index contributed by atoms with van der Waals surface area (Å²) in [4.78, 5) is 31.6. The Kier molecular flexibility index (Phi) is 2.12. The highest BCUT2D eigenvalue weighted by molar-refractivity contribution is 5.94. The first-order valence-corrected chi connectivity index (χ1v) is 3.49. The first-order valence-electron chi connectivity index (χ1n) is 3.49. The number of hydrogen-bond donors (Lipinski definition) is 2. The Labute approximate surface area is 68.0 Å². The third kappa shape index (κ3) is 1.44. The number of ketones is 1. The molecule has 2 atom stereocenters. The summed E-state index contributed by atoms with van der Waals surface area (Å²) in [6.45, 7) is 0. The van der Waals surface area contributed by atoms with E-state index in [4.69, 9.17) is 10.2 Å². The van der Waals surface area contributed by atoms with Gasteiger partial charge in [0.1, 0.15) is 5.78 Å². The number of carboxylic acid groups (broad SMARTS) is 2. The van der Waals surface area contributed by atoms with Crippen LogP contribution in [0.5, 0.6) is 0 Å². The predicted octanol–water partition coefficient (Wildman–Crippen LogP) is -0.249. The summed E-state index contributed by atoms with van der Waals surface area (Å²) in [7, 11) is 0. The Bertz CT molecular complexity index is 220. The zero-order valence-electron chi connectivity index (χ0n) is 6.19. The van der Waals surface area contributed by atoms with Gasteiger partial charge in [0.2, 0.25) is 0 Å². The van der Waals surface area contributed by atoms with Gasteiger partial charge in [-0.3, -0.25) is 14.4 Å². The fourth-order valence-electron chi connectivity index (χ4n) is 1.38. The minimum atomic E-state index is -1.20. The number of rotatable bonds is 2. The van der Waals surface area contributed by atoms with E-state index >= 15 is 0 Å². The molecule has 1 fully saturated rings. The maximum Gasteiger partial charge on any atom is 0.307 e. The van der Waals surface area contributed by atoms with Gasteiger partial charge in [0.15, 0.2) is 0 Å². The van der Waals surface area contributed by atoms with Crippen molar-refractivity contribution < 1.29 is 24.6 Å². The van der Waals surface area contributed by atoms with Crippen LogP contribution in [0.3, 0.4) is 0 Å². The molecule has 0 radical (unpaired) electrons. The average molecular weight is 172 g/mol. The molecule has 2 N–H and O–H groups in total. The molecule has 0 aliphatic heterocycles. The standard InChI is InChI=1S/C7H8O5/c8-3-1-4(6(9)10)5(2-3)7(11)12/h4-5H,1-2H2,(H,9,10)(H,11,12)/t4-,5-/m0/s1. The van der Waals surface area contributed by atoms with Crippen molar-refractivity contribution in [3.05, 3.63) is 0 Å². The lowest BCUT2D eigenvalue weighted by molar-refractivity contribution is -0.152. The Hall–Kier alpha value is -1.39. The number of hydrogen-bond acceptors (Lipinski definition) is 3. The molecule has 0 saturated heterocycles. The predicted molar refractivity (Wildman–Crippen MR) is 36.5 cm³/mol. The minimum Gasteiger partial charge on any atom is -0.481 e. The molecular formula is C7H8O5. The summed E-state index contributed by atoms with van der Waals surface area (Å²) >= 11 is 0. The highest BCUT2D eigenvalue weighted by atomic mass is 16.4. The lowest BCUT2D eigenvalue weighted by Crippen LogP contribution is -2.24. The van der Waals surface area contributed by atoms with E-state index in [2.05, 4.69) is 0 Å². The third-order valence-corrected chi connectivity index (χ3v) is 2.02. The molecule has 1 aliphatic carbocycles. The number of carboxylic acids is 2. The van der Waals surface area contributed by atoms with Crippen LogP contribution in [-0.4, -0.2) is 27.9 Å². The molecule has 0 unspecified atom stereocenters. The topological polar surface area (TPSA) is 91.7 Å². The van der Waals surface area contributed by atoms with Crippen LogP contribution in [0.4, 0.5) is 0 Å². The van der Waals surface area contributed by atoms with Gasteiger partial charge in [0, 0.05) is 12.8 Å². The highest BCUT2D eigenvalue weighted by Gasteiger charge is 2.42. The summed E-state index contributed by atoms with van der Waals surface area (Å²) in [6.07, 6.45) is -0.293. The van der Waals surface area contributed by atoms with Crippen LogP contribution in [-0.2, 0) is 14.4 Å². The molecule has 0 heterocycles. The Morgan fingerprint density at radius 2 is 1.42 bits per heavy atom. The second kappa shape index (κ2) is 2.92. The first kappa shape index (κ1) is 8.70. The first-order chi connectivity index (χ1) is 5.52. The van der Waals surface area contributed by atoms with Crippen molar-refractivity contribution in [1.82, 2.24) is 0 Å². The van der Waals surface area contributed by atoms with Gasteiger partial charge in [0.25, 0.3) is 0 Å². The maximum absolute atomic E-state index is 10.7. The van der Waals surface area contributed by atoms with Crippen molar-refractivity contribution in [3.63, 3.8) is 0 Å². The van der Waals surface area contributed by atoms with Crippen molar-refractivity contribution in [1.29, 1.82) is 0 Å². The fraction of sp³-hybridized carbons (Fsp3) is 0.571. The lowest BCUT2D eigenvalue weighted by atomic mass is 9.97. The molecule has 5 heteroatoms. The molecule has 0 amide bonds. The van der Waals surface area contributed by atoms with E-state index in [1.165, 1.54) is 0 Å². The third-order valence-electron chi connectivity index (χ3n) is 2.02. The van der Waals surface area contributed by atoms with Crippen LogP contribution in [0, 0.1) is 11.8 Å². The summed E-state index contributed by atoms with van der Waals surface area (Å²) in [5, 5.41) is 17.1. The van der Waals surface area contributed by atoms with Crippen LogP contribution in [0.15, 0.2) is 0 Å². The van der Waals surface area contributed by atoms with Gasteiger partial charge in [-0.05, 0) is 0 Å². The van der Waals surface area contributed by atoms with Gasteiger partial charge in [-0.25, -0.2) is 0 Å². The van der Waals surface area contributed by atoms with Crippen molar-refractivity contribution in [2.45, 2.75) is 12.8 Å². The molecule has 0 aromatic rings. The molecule has 0 bridgehead atoms. The van der Waals surface area contributed by atoms with E-state index in [0.29, 0.717) is 0 Å². The Morgan fingerprint density at radius 1 is 1.08 bits per heavy atom. The zero-order valence-corrected chi connectivity index (χ0v) is 6.19. The molecule has 0 aromatic carbocycles. The molecule has 5 nitrogen and oxygen atoms in total. The van der Waals surface area contributed by atoms with Gasteiger partial charge in [-0.1, -0.05) is 0 Å². The molecule has 12 heavy (non-hydrogen) atoms. The normalized spacial score (nSPS) is 28.8. The van der Waals surface area contributed by atoms with Crippen LogP contribution in [0.25, 0.3) is 0 Å². The number of carbonyl (C=O) groups excluding carboxylic acids is 1. The second-order valence-corrected chi connectivity index (χ2v) is 2.84. The SMILES string of the molecule is O=C1C[C@H](C(=O)O)[C@@H](C(=O)O)C1. The summed E-state index contributed by atoms with van der Waals surface area (Å²) < 4.78 is 0. The quantitative estimate of drug-likeness (QED) is 0.599. The van der Waals surface area contributed by atoms with Crippen molar-refractivity contribution in [3.8, 4) is 0 Å². The van der Waals surface area contributed by atoms with Crippen molar-refractivity contribution >= 4 is 17.7 Å². The van der Waals surface area contributed by atoms with E-state index in [0.717, 1.165) is 0 Å². The van der Waals surface area contributed by atoms with Crippen LogP contribution in [0.2, 0.25) is 0 Å². The minimum absolute atomic E-state index is 0.147. The molecule has 66 valence electrons. The molecule has 1 rings (SSSR count). The molecule has 1 aliphatic rings. The second-order valence-electron chi connectivity index (χ2n) is 2.84. The van der Waals surface area contributed by atoms with E-state index in [1.807, 2.05) is 0 Å². The molecule has 1 saturated carbocycles. The van der Waals surface area contributed by atoms with Gasteiger partial charge in [0.05, 0.1) is 11.8 Å². The van der Waals surface area contributed by atoms with E-state index in [-0.39, 0.29) is 18.6 Å². The van der Waals surface area contributed by atoms with Crippen molar-refractivity contribution in [2.75, 3.05) is 0 Å². The van der Waals surface area contributed by atoms with Crippen LogP contribution in [0.1, 0.15) is 12.8 Å². The number of Topliss-reactive ketones (excluding diaryl/α,β-unsaturated/α-hetero) is 1. The van der Waals surface area contributed by atoms with Crippen LogP contribution >= 0.6 is 0 Å². The maximum atomic E-state index is 10.7. The number of carbonyl (C=O) groups is 3. The smallest absolute Gasteiger partial charge is 0.307 e. The lowest BCUT2D eigenvalue weighted by Gasteiger charge is -2.07. The summed E-state index contributed by atoms with van der Waals surface area (Å²) in [6, 6.07) is 0. The van der Waals surface area contributed by atoms with E-state index in [1.54, 1.807) is 0 Å². The molecule has 0 aromatic heterocycles. The van der Waals surface area contributed by atoms with E-state index in [9.17, 15) is 14.4 Å². The van der Waals surface area contributed by atoms with Gasteiger partial charge < -0.3 is 10.2 Å². The van der Waals surface area contributed by atoms with Crippen LogP contribution < -0.4 is 0 Å². The molecule has 0 spiro atoms. The summed E-state index contributed by atoms with van der Waals surface area (Å²) in [5.41, 5.74) is 0. The highest BCUT2D eigenvalue weighted by Crippen LogP contribution is 2.29. The summed E-state index contributed by atoms with van der Waals surface area (Å²) in [5.74, 6) is -4.75. The van der Waals surface area contributed by atoms with E-state index < -0.39 is 23.8 Å². The zero-order chi connectivity index (χ0) is 9.30. The fourth-order valence-corrected chi connectivity index (χ4v) is 1.38. The van der Waals surface area contributed by atoms with Gasteiger partial charge in [-0.15, -0.1) is 0 Å². The van der Waals surface area contributed by atoms with Crippen molar-refractivity contribution in [2.24, 2.45) is 11.8 Å². The number of aliphatic carboxylic acids is 2. The van der Waals surface area contributed by atoms with Gasteiger partial charge in [-0.2, -0.15) is 0 Å². The van der Waals surface area contributed by atoms with Gasteiger partial charge >= 0.3 is 11.9 Å². The Balaban J connectivity index is 2.79.